The Morgan fingerprint density at radius 2 is 1.73 bits per heavy atom. The number of nitrogens with zero attached hydrogens (tertiary/aromatic N) is 2. The molecule has 2 aliphatic rings. The van der Waals surface area contributed by atoms with Crippen molar-refractivity contribution in [1.29, 1.82) is 0 Å². The van der Waals surface area contributed by atoms with Crippen molar-refractivity contribution in [2.45, 2.75) is 69.7 Å². The third kappa shape index (κ3) is 7.52. The lowest BCUT2D eigenvalue weighted by Crippen LogP contribution is -2.40. The maximum Gasteiger partial charge on any atom is 0.243 e. The van der Waals surface area contributed by atoms with E-state index in [2.05, 4.69) is 22.5 Å². The van der Waals surface area contributed by atoms with Crippen LogP contribution in [0.15, 0.2) is 29.2 Å². The van der Waals surface area contributed by atoms with E-state index >= 15 is 0 Å². The van der Waals surface area contributed by atoms with Crippen LogP contribution in [0.2, 0.25) is 0 Å². The molecule has 1 atom stereocenters. The molecule has 2 saturated heterocycles. The van der Waals surface area contributed by atoms with E-state index in [9.17, 15) is 18.0 Å². The molecule has 2 N–H and O–H groups in total. The molecule has 1 unspecified atom stereocenters. The van der Waals surface area contributed by atoms with E-state index < -0.39 is 10.0 Å². The fourth-order valence-corrected chi connectivity index (χ4v) is 6.22. The molecule has 0 saturated carbocycles. The Hall–Kier alpha value is -1.97. The normalized spacial score (nSPS) is 21.0. The second kappa shape index (κ2) is 11.9. The monoisotopic (exact) mass is 478 g/mol. The van der Waals surface area contributed by atoms with E-state index in [1.807, 2.05) is 0 Å². The van der Waals surface area contributed by atoms with Gasteiger partial charge in [0, 0.05) is 51.3 Å². The Kier molecular flexibility index (Phi) is 9.28. The van der Waals surface area contributed by atoms with Crippen molar-refractivity contribution in [2.24, 2.45) is 5.92 Å². The number of hydrogen-bond donors (Lipinski definition) is 2. The largest absolute Gasteiger partial charge is 0.356 e. The number of anilines is 1. The number of rotatable bonds is 9. The molecule has 0 aromatic heterocycles. The van der Waals surface area contributed by atoms with Crippen LogP contribution in [0.25, 0.3) is 0 Å². The minimum Gasteiger partial charge on any atom is -0.356 e. The van der Waals surface area contributed by atoms with Crippen molar-refractivity contribution in [3.63, 3.8) is 0 Å². The lowest BCUT2D eigenvalue weighted by Gasteiger charge is -2.33. The maximum absolute atomic E-state index is 12.9. The van der Waals surface area contributed by atoms with Crippen LogP contribution < -0.4 is 10.6 Å². The van der Waals surface area contributed by atoms with Crippen molar-refractivity contribution < 1.29 is 18.0 Å². The molecular weight excluding hydrogens is 440 g/mol. The van der Waals surface area contributed by atoms with Gasteiger partial charge in [0.05, 0.1) is 4.90 Å². The summed E-state index contributed by atoms with van der Waals surface area (Å²) < 4.78 is 27.4. The van der Waals surface area contributed by atoms with Crippen LogP contribution >= 0.6 is 0 Å². The molecule has 1 aromatic carbocycles. The SMILES string of the molecule is CC(=O)Nc1ccc(S(=O)(=O)N2CCC(CC(=O)NCCCN3CCCCC3C)CC2)cc1. The number of likely N-dealkylation sites (tertiary alicyclic amines) is 1. The van der Waals surface area contributed by atoms with Gasteiger partial charge >= 0.3 is 0 Å². The van der Waals surface area contributed by atoms with E-state index in [-0.39, 0.29) is 22.6 Å². The molecule has 2 fully saturated rings. The zero-order valence-corrected chi connectivity index (χ0v) is 20.7. The summed E-state index contributed by atoms with van der Waals surface area (Å²) in [6, 6.07) is 6.87. The summed E-state index contributed by atoms with van der Waals surface area (Å²) in [6.45, 7) is 7.42. The smallest absolute Gasteiger partial charge is 0.243 e. The summed E-state index contributed by atoms with van der Waals surface area (Å²) in [5, 5.41) is 5.68. The third-order valence-corrected chi connectivity index (χ3v) is 8.66. The standard InChI is InChI=1S/C24H38N4O4S/c1-19-6-3-4-14-27(19)15-5-13-25-24(30)18-21-11-16-28(17-12-21)33(31,32)23-9-7-22(8-10-23)26-20(2)29/h7-10,19,21H,3-6,11-18H2,1-2H3,(H,25,30)(H,26,29). The Labute approximate surface area is 198 Å². The Bertz CT molecular complexity index is 896. The number of nitrogens with one attached hydrogen (secondary N) is 2. The van der Waals surface area contributed by atoms with Crippen molar-refractivity contribution in [1.82, 2.24) is 14.5 Å². The molecule has 33 heavy (non-hydrogen) atoms. The minimum absolute atomic E-state index is 0.0663. The minimum atomic E-state index is -3.58. The molecule has 1 aromatic rings. The van der Waals surface area contributed by atoms with Crippen LogP contribution in [0.4, 0.5) is 5.69 Å². The molecule has 0 bridgehead atoms. The van der Waals surface area contributed by atoms with Gasteiger partial charge in [0.25, 0.3) is 0 Å². The molecule has 0 spiro atoms. The number of piperidine rings is 2. The number of benzene rings is 1. The first-order valence-electron chi connectivity index (χ1n) is 12.1. The molecule has 2 amide bonds. The summed E-state index contributed by atoms with van der Waals surface area (Å²) in [5.41, 5.74) is 0.566. The number of hydrogen-bond acceptors (Lipinski definition) is 5. The van der Waals surface area contributed by atoms with Gasteiger partial charge in [-0.2, -0.15) is 4.31 Å². The van der Waals surface area contributed by atoms with Gasteiger partial charge in [-0.1, -0.05) is 6.42 Å². The van der Waals surface area contributed by atoms with Crippen molar-refractivity contribution in [3.8, 4) is 0 Å². The summed E-state index contributed by atoms with van der Waals surface area (Å²) in [4.78, 5) is 26.2. The van der Waals surface area contributed by atoms with Crippen LogP contribution in [-0.2, 0) is 19.6 Å². The fraction of sp³-hybridized carbons (Fsp3) is 0.667. The summed E-state index contributed by atoms with van der Waals surface area (Å²) in [5.74, 6) is 0.0746. The highest BCUT2D eigenvalue weighted by Crippen LogP contribution is 2.26. The molecular formula is C24H38N4O4S. The summed E-state index contributed by atoms with van der Waals surface area (Å²) >= 11 is 0. The van der Waals surface area contributed by atoms with Crippen LogP contribution in [0.1, 0.15) is 58.8 Å². The predicted molar refractivity (Wildman–Crippen MR) is 129 cm³/mol. The number of sulfonamides is 1. The molecule has 2 heterocycles. The lowest BCUT2D eigenvalue weighted by atomic mass is 9.94. The zero-order chi connectivity index (χ0) is 23.8. The molecule has 0 radical (unpaired) electrons. The van der Waals surface area contributed by atoms with Crippen molar-refractivity contribution >= 4 is 27.5 Å². The first-order valence-corrected chi connectivity index (χ1v) is 13.6. The Morgan fingerprint density at radius 1 is 1.03 bits per heavy atom. The van der Waals surface area contributed by atoms with Crippen LogP contribution in [0.5, 0.6) is 0 Å². The van der Waals surface area contributed by atoms with Gasteiger partial charge < -0.3 is 15.5 Å². The first kappa shape index (κ1) is 25.6. The highest BCUT2D eigenvalue weighted by Gasteiger charge is 2.30. The maximum atomic E-state index is 12.9. The average molecular weight is 479 g/mol. The predicted octanol–water partition coefficient (Wildman–Crippen LogP) is 2.82. The molecule has 0 aliphatic carbocycles. The van der Waals surface area contributed by atoms with E-state index in [4.69, 9.17) is 0 Å². The molecule has 184 valence electrons. The van der Waals surface area contributed by atoms with Gasteiger partial charge in [0.1, 0.15) is 0 Å². The Balaban J connectivity index is 1.38. The quantitative estimate of drug-likeness (QED) is 0.532. The van der Waals surface area contributed by atoms with E-state index in [1.165, 1.54) is 42.6 Å². The van der Waals surface area contributed by atoms with E-state index in [0.29, 0.717) is 50.6 Å². The topological polar surface area (TPSA) is 98.8 Å². The summed E-state index contributed by atoms with van der Waals surface area (Å²) in [6.07, 6.45) is 6.65. The molecule has 3 rings (SSSR count). The number of carbonyl (C=O) groups excluding carboxylic acids is 2. The lowest BCUT2D eigenvalue weighted by molar-refractivity contribution is -0.122. The third-order valence-electron chi connectivity index (χ3n) is 6.74. The second-order valence-electron chi connectivity index (χ2n) is 9.34. The van der Waals surface area contributed by atoms with Gasteiger partial charge in [0.2, 0.25) is 21.8 Å². The van der Waals surface area contributed by atoms with Crippen LogP contribution in [-0.4, -0.2) is 68.2 Å². The van der Waals surface area contributed by atoms with Gasteiger partial charge in [-0.15, -0.1) is 0 Å². The van der Waals surface area contributed by atoms with Gasteiger partial charge in [-0.25, -0.2) is 8.42 Å². The fourth-order valence-electron chi connectivity index (χ4n) is 4.75. The van der Waals surface area contributed by atoms with E-state index in [1.54, 1.807) is 12.1 Å². The molecule has 9 heteroatoms. The van der Waals surface area contributed by atoms with Gasteiger partial charge in [0.15, 0.2) is 0 Å². The van der Waals surface area contributed by atoms with Gasteiger partial charge in [-0.05, 0) is 75.8 Å². The zero-order valence-electron chi connectivity index (χ0n) is 19.9. The van der Waals surface area contributed by atoms with Crippen LogP contribution in [0, 0.1) is 5.92 Å². The molecule has 8 nitrogen and oxygen atoms in total. The van der Waals surface area contributed by atoms with Gasteiger partial charge in [-0.3, -0.25) is 9.59 Å². The highest BCUT2D eigenvalue weighted by molar-refractivity contribution is 7.89. The second-order valence-corrected chi connectivity index (χ2v) is 11.3. The van der Waals surface area contributed by atoms with Crippen LogP contribution in [0.3, 0.4) is 0 Å². The number of amides is 2. The average Bonchev–Trinajstić information content (AvgIpc) is 2.78. The van der Waals surface area contributed by atoms with Crippen molar-refractivity contribution in [3.05, 3.63) is 24.3 Å². The first-order chi connectivity index (χ1) is 15.8. The highest BCUT2D eigenvalue weighted by atomic mass is 32.2. The van der Waals surface area contributed by atoms with E-state index in [0.717, 1.165) is 19.5 Å². The number of carbonyl (C=O) groups is 2. The van der Waals surface area contributed by atoms with Crippen molar-refractivity contribution in [2.75, 3.05) is 38.0 Å². The Morgan fingerprint density at radius 3 is 2.36 bits per heavy atom. The summed E-state index contributed by atoms with van der Waals surface area (Å²) in [7, 11) is -3.58. The molecule has 2 aliphatic heterocycles.